The first kappa shape index (κ1) is 19.1. The second kappa shape index (κ2) is 8.33. The number of nitrogens with zero attached hydrogens (tertiary/aromatic N) is 4. The highest BCUT2D eigenvalue weighted by molar-refractivity contribution is 7.88. The van der Waals surface area contributed by atoms with Crippen LogP contribution in [0.5, 0.6) is 0 Å². The van der Waals surface area contributed by atoms with E-state index in [0.29, 0.717) is 0 Å². The molecule has 0 spiro atoms. The average molecular weight is 377 g/mol. The van der Waals surface area contributed by atoms with E-state index in [-0.39, 0.29) is 11.8 Å². The molecule has 1 aromatic heterocycles. The van der Waals surface area contributed by atoms with Crippen molar-refractivity contribution in [1.29, 1.82) is 0 Å². The van der Waals surface area contributed by atoms with Gasteiger partial charge in [-0.15, -0.1) is 0 Å². The minimum atomic E-state index is -3.30. The molecule has 0 radical (unpaired) electrons. The number of likely N-dealkylation sites (tertiary alicyclic amines) is 1. The molecule has 7 heteroatoms. The van der Waals surface area contributed by atoms with Crippen LogP contribution in [0.25, 0.3) is 0 Å². The van der Waals surface area contributed by atoms with Crippen molar-refractivity contribution in [1.82, 2.24) is 19.0 Å². The fraction of sp³-hybridized carbons (Fsp3) is 0.526. The minimum Gasteiger partial charge on any atom is -0.299 e. The van der Waals surface area contributed by atoms with Crippen molar-refractivity contribution >= 4 is 10.0 Å². The van der Waals surface area contributed by atoms with Crippen LogP contribution in [0.1, 0.15) is 30.4 Å². The summed E-state index contributed by atoms with van der Waals surface area (Å²) in [4.78, 5) is 2.40. The standard InChI is InChI=1S/C19H28N4O2S/c1-21-14-18(13-20-21)15-23-11-6-9-19(10-12-23)22(2)26(24,25)16-17-7-4-3-5-8-17/h3-5,7-8,13-14,19H,6,9-12,15-16H2,1-2H3/t19-/m1/s1. The van der Waals surface area contributed by atoms with E-state index in [1.807, 2.05) is 54.5 Å². The smallest absolute Gasteiger partial charge is 0.218 e. The molecule has 0 amide bonds. The van der Waals surface area contributed by atoms with Gasteiger partial charge in [0.2, 0.25) is 10.0 Å². The second-order valence-corrected chi connectivity index (χ2v) is 9.17. The van der Waals surface area contributed by atoms with Gasteiger partial charge in [-0.1, -0.05) is 30.3 Å². The van der Waals surface area contributed by atoms with E-state index in [1.54, 1.807) is 11.4 Å². The zero-order chi connectivity index (χ0) is 18.6. The third kappa shape index (κ3) is 4.93. The third-order valence-electron chi connectivity index (χ3n) is 5.10. The van der Waals surface area contributed by atoms with Gasteiger partial charge in [0.1, 0.15) is 0 Å². The highest BCUT2D eigenvalue weighted by Crippen LogP contribution is 2.21. The summed E-state index contributed by atoms with van der Waals surface area (Å²) in [5, 5.41) is 4.22. The Kier molecular flexibility index (Phi) is 6.11. The molecule has 0 unspecified atom stereocenters. The highest BCUT2D eigenvalue weighted by atomic mass is 32.2. The van der Waals surface area contributed by atoms with Crippen LogP contribution in [-0.2, 0) is 29.4 Å². The molecule has 0 bridgehead atoms. The Hall–Kier alpha value is -1.70. The Balaban J connectivity index is 1.59. The summed E-state index contributed by atoms with van der Waals surface area (Å²) < 4.78 is 29.0. The average Bonchev–Trinajstić information content (AvgIpc) is 2.88. The molecule has 2 heterocycles. The Labute approximate surface area is 156 Å². The molecule has 0 aliphatic carbocycles. The van der Waals surface area contributed by atoms with Crippen molar-refractivity contribution in [3.8, 4) is 0 Å². The predicted octanol–water partition coefficient (Wildman–Crippen LogP) is 2.24. The third-order valence-corrected chi connectivity index (χ3v) is 6.97. The number of aromatic nitrogens is 2. The van der Waals surface area contributed by atoms with Crippen molar-refractivity contribution in [3.05, 3.63) is 53.9 Å². The summed E-state index contributed by atoms with van der Waals surface area (Å²) >= 11 is 0. The van der Waals surface area contributed by atoms with Gasteiger partial charge in [-0.25, -0.2) is 12.7 Å². The maximum atomic E-state index is 12.8. The van der Waals surface area contributed by atoms with Gasteiger partial charge >= 0.3 is 0 Å². The number of benzene rings is 1. The van der Waals surface area contributed by atoms with E-state index in [2.05, 4.69) is 10.00 Å². The minimum absolute atomic E-state index is 0.0697. The first-order valence-electron chi connectivity index (χ1n) is 9.13. The second-order valence-electron chi connectivity index (χ2n) is 7.14. The number of aryl methyl sites for hydroxylation is 1. The van der Waals surface area contributed by atoms with Crippen molar-refractivity contribution in [2.75, 3.05) is 20.1 Å². The van der Waals surface area contributed by atoms with Gasteiger partial charge in [0, 0.05) is 45.0 Å². The lowest BCUT2D eigenvalue weighted by Gasteiger charge is -2.26. The van der Waals surface area contributed by atoms with Crippen LogP contribution < -0.4 is 0 Å². The first-order chi connectivity index (χ1) is 12.4. The molecule has 1 aliphatic heterocycles. The van der Waals surface area contributed by atoms with Crippen LogP contribution in [0.3, 0.4) is 0 Å². The molecular formula is C19H28N4O2S. The molecule has 26 heavy (non-hydrogen) atoms. The van der Waals surface area contributed by atoms with Gasteiger partial charge in [-0.05, 0) is 31.4 Å². The molecule has 1 aromatic carbocycles. The van der Waals surface area contributed by atoms with Crippen molar-refractivity contribution in [2.45, 2.75) is 37.6 Å². The Morgan fingerprint density at radius 3 is 2.62 bits per heavy atom. The monoisotopic (exact) mass is 376 g/mol. The van der Waals surface area contributed by atoms with Gasteiger partial charge in [-0.2, -0.15) is 5.10 Å². The number of hydrogen-bond acceptors (Lipinski definition) is 4. The van der Waals surface area contributed by atoms with Crippen molar-refractivity contribution < 1.29 is 8.42 Å². The summed E-state index contributed by atoms with van der Waals surface area (Å²) in [6.07, 6.45) is 6.73. The molecule has 1 atom stereocenters. The van der Waals surface area contributed by atoms with Crippen LogP contribution in [0.4, 0.5) is 0 Å². The van der Waals surface area contributed by atoms with Crippen LogP contribution >= 0.6 is 0 Å². The first-order valence-corrected chi connectivity index (χ1v) is 10.7. The lowest BCUT2D eigenvalue weighted by Crippen LogP contribution is -2.38. The van der Waals surface area contributed by atoms with Crippen molar-refractivity contribution in [3.63, 3.8) is 0 Å². The molecule has 0 N–H and O–H groups in total. The predicted molar refractivity (Wildman–Crippen MR) is 103 cm³/mol. The lowest BCUT2D eigenvalue weighted by molar-refractivity contribution is 0.266. The maximum absolute atomic E-state index is 12.8. The largest absolute Gasteiger partial charge is 0.299 e. The Morgan fingerprint density at radius 2 is 1.92 bits per heavy atom. The van der Waals surface area contributed by atoms with E-state index in [4.69, 9.17) is 0 Å². The molecule has 0 saturated carbocycles. The molecule has 1 fully saturated rings. The van der Waals surface area contributed by atoms with Crippen molar-refractivity contribution in [2.24, 2.45) is 7.05 Å². The summed E-state index contributed by atoms with van der Waals surface area (Å²) in [5.41, 5.74) is 2.04. The van der Waals surface area contributed by atoms with E-state index in [0.717, 1.165) is 44.5 Å². The van der Waals surface area contributed by atoms with Gasteiger partial charge in [0.05, 0.1) is 11.9 Å². The van der Waals surface area contributed by atoms with Crippen LogP contribution in [0, 0.1) is 0 Å². The quantitative estimate of drug-likeness (QED) is 0.776. The summed E-state index contributed by atoms with van der Waals surface area (Å²) in [6.45, 7) is 2.78. The fourth-order valence-electron chi connectivity index (χ4n) is 3.59. The maximum Gasteiger partial charge on any atom is 0.218 e. The number of hydrogen-bond donors (Lipinski definition) is 0. The Bertz CT molecular complexity index is 804. The Morgan fingerprint density at radius 1 is 1.15 bits per heavy atom. The number of sulfonamides is 1. The molecular weight excluding hydrogens is 348 g/mol. The van der Waals surface area contributed by atoms with Gasteiger partial charge in [-0.3, -0.25) is 9.58 Å². The summed E-state index contributed by atoms with van der Waals surface area (Å²) in [5.74, 6) is 0.0697. The normalized spacial score (nSPS) is 19.6. The molecule has 2 aromatic rings. The number of rotatable bonds is 6. The zero-order valence-corrected chi connectivity index (χ0v) is 16.4. The summed E-state index contributed by atoms with van der Waals surface area (Å²) in [7, 11) is 0.360. The molecule has 142 valence electrons. The van der Waals surface area contributed by atoms with E-state index < -0.39 is 10.0 Å². The molecule has 1 aliphatic rings. The van der Waals surface area contributed by atoms with Crippen LogP contribution in [0.2, 0.25) is 0 Å². The molecule has 3 rings (SSSR count). The van der Waals surface area contributed by atoms with Gasteiger partial charge in [0.15, 0.2) is 0 Å². The SMILES string of the molecule is CN([C@@H]1CCCN(Cc2cnn(C)c2)CC1)S(=O)(=O)Cc1ccccc1. The van der Waals surface area contributed by atoms with Gasteiger partial charge < -0.3 is 0 Å². The van der Waals surface area contributed by atoms with E-state index in [9.17, 15) is 8.42 Å². The molecule has 6 nitrogen and oxygen atoms in total. The molecule has 1 saturated heterocycles. The van der Waals surface area contributed by atoms with E-state index in [1.165, 1.54) is 5.56 Å². The highest BCUT2D eigenvalue weighted by Gasteiger charge is 2.28. The topological polar surface area (TPSA) is 58.4 Å². The summed E-state index contributed by atoms with van der Waals surface area (Å²) in [6, 6.07) is 9.48. The van der Waals surface area contributed by atoms with Gasteiger partial charge in [0.25, 0.3) is 0 Å². The van der Waals surface area contributed by atoms with Crippen LogP contribution in [-0.4, -0.2) is 53.6 Å². The fourth-order valence-corrected chi connectivity index (χ4v) is 5.07. The van der Waals surface area contributed by atoms with Crippen LogP contribution in [0.15, 0.2) is 42.7 Å². The lowest BCUT2D eigenvalue weighted by atomic mass is 10.1. The van der Waals surface area contributed by atoms with E-state index >= 15 is 0 Å². The zero-order valence-electron chi connectivity index (χ0n) is 15.6.